The van der Waals surface area contributed by atoms with Crippen molar-refractivity contribution in [2.75, 3.05) is 0 Å². The van der Waals surface area contributed by atoms with Crippen molar-refractivity contribution in [1.82, 2.24) is 0 Å². The van der Waals surface area contributed by atoms with Crippen LogP contribution >= 0.6 is 0 Å². The van der Waals surface area contributed by atoms with E-state index in [1.807, 2.05) is 0 Å². The summed E-state index contributed by atoms with van der Waals surface area (Å²) in [4.78, 5) is 0. The van der Waals surface area contributed by atoms with Gasteiger partial charge in [-0.2, -0.15) is 0 Å². The van der Waals surface area contributed by atoms with Crippen molar-refractivity contribution < 1.29 is 0 Å². The normalized spacial score (nSPS) is 50.4. The molecule has 0 heteroatoms. The van der Waals surface area contributed by atoms with Crippen LogP contribution in [0, 0.1) is 28.6 Å². The van der Waals surface area contributed by atoms with Crippen LogP contribution in [-0.2, 0) is 0 Å². The second kappa shape index (κ2) is 2.59. The molecule has 82 valence electrons. The van der Waals surface area contributed by atoms with Crippen LogP contribution in [0.15, 0.2) is 23.8 Å². The zero-order valence-electron chi connectivity index (χ0n) is 10.4. The summed E-state index contributed by atoms with van der Waals surface area (Å²) in [6.45, 7) is 9.86. The van der Waals surface area contributed by atoms with E-state index >= 15 is 0 Å². The van der Waals surface area contributed by atoms with E-state index in [1.165, 1.54) is 12.8 Å². The summed E-state index contributed by atoms with van der Waals surface area (Å²) in [5, 5.41) is 0. The van der Waals surface area contributed by atoms with E-state index < -0.39 is 0 Å². The Morgan fingerprint density at radius 3 is 2.73 bits per heavy atom. The van der Waals surface area contributed by atoms with E-state index in [0.717, 1.165) is 17.8 Å². The van der Waals surface area contributed by atoms with Crippen molar-refractivity contribution >= 4 is 0 Å². The maximum Gasteiger partial charge on any atom is -0.00135 e. The summed E-state index contributed by atoms with van der Waals surface area (Å²) in [6.07, 6.45) is 10.0. The molecule has 15 heavy (non-hydrogen) atoms. The van der Waals surface area contributed by atoms with Crippen LogP contribution in [-0.4, -0.2) is 0 Å². The number of fused-ring (bicyclic) bond motifs is 3. The van der Waals surface area contributed by atoms with Crippen molar-refractivity contribution in [2.45, 2.75) is 40.5 Å². The van der Waals surface area contributed by atoms with Gasteiger partial charge in [0, 0.05) is 0 Å². The summed E-state index contributed by atoms with van der Waals surface area (Å²) >= 11 is 0. The lowest BCUT2D eigenvalue weighted by Crippen LogP contribution is -2.35. The lowest BCUT2D eigenvalue weighted by molar-refractivity contribution is 0.170. The molecule has 0 aromatic rings. The molecule has 0 amide bonds. The minimum Gasteiger partial charge on any atom is -0.0807 e. The Morgan fingerprint density at radius 2 is 2.00 bits per heavy atom. The molecule has 0 bridgehead atoms. The average Bonchev–Trinajstić information content (AvgIpc) is 2.73. The molecule has 4 atom stereocenters. The van der Waals surface area contributed by atoms with E-state index in [0.29, 0.717) is 10.8 Å². The summed E-state index contributed by atoms with van der Waals surface area (Å²) in [5.74, 6) is 2.61. The molecular weight excluding hydrogens is 180 g/mol. The first-order valence-corrected chi connectivity index (χ1v) is 6.38. The monoisotopic (exact) mass is 202 g/mol. The maximum atomic E-state index is 2.51. The molecule has 3 aliphatic carbocycles. The van der Waals surface area contributed by atoms with Crippen LogP contribution < -0.4 is 0 Å². The third kappa shape index (κ3) is 0.984. The molecule has 0 saturated heterocycles. The zero-order valence-corrected chi connectivity index (χ0v) is 10.4. The molecule has 0 N–H and O–H groups in total. The number of allylic oxidation sites excluding steroid dienone is 4. The highest BCUT2D eigenvalue weighted by molar-refractivity contribution is 5.41. The molecule has 3 aliphatic rings. The first-order chi connectivity index (χ1) is 6.99. The molecule has 0 spiro atoms. The third-order valence-corrected chi connectivity index (χ3v) is 5.65. The molecular formula is C15H22. The van der Waals surface area contributed by atoms with E-state index in [-0.39, 0.29) is 0 Å². The first-order valence-electron chi connectivity index (χ1n) is 6.38. The standard InChI is InChI=1S/C15H22/c1-10-6-5-7-11-8-9-12-13(14(12,2)3)15(10,11)4/h7-10,12-13H,5-6H2,1-4H3/t10-,12-,13+,15+/m0/s1. The van der Waals surface area contributed by atoms with Gasteiger partial charge < -0.3 is 0 Å². The SMILES string of the molecule is C[C@H]1CCC=C2C=C[C@H]3[C@H](C3(C)C)[C@@]21C. The van der Waals surface area contributed by atoms with Gasteiger partial charge in [-0.15, -0.1) is 0 Å². The summed E-state index contributed by atoms with van der Waals surface area (Å²) < 4.78 is 0. The topological polar surface area (TPSA) is 0 Å². The Balaban J connectivity index is 2.10. The van der Waals surface area contributed by atoms with Gasteiger partial charge in [-0.1, -0.05) is 45.9 Å². The fourth-order valence-corrected chi connectivity index (χ4v) is 4.42. The Hall–Kier alpha value is -0.520. The molecule has 0 aromatic heterocycles. The molecule has 0 unspecified atom stereocenters. The van der Waals surface area contributed by atoms with Gasteiger partial charge in [-0.05, 0) is 47.0 Å². The predicted octanol–water partition coefficient (Wildman–Crippen LogP) is 4.19. The van der Waals surface area contributed by atoms with E-state index in [2.05, 4.69) is 45.9 Å². The van der Waals surface area contributed by atoms with Crippen LogP contribution in [0.1, 0.15) is 40.5 Å². The van der Waals surface area contributed by atoms with Crippen molar-refractivity contribution in [1.29, 1.82) is 0 Å². The third-order valence-electron chi connectivity index (χ3n) is 5.65. The largest absolute Gasteiger partial charge is 0.0807 e. The Labute approximate surface area is 93.5 Å². The predicted molar refractivity (Wildman–Crippen MR) is 64.5 cm³/mol. The van der Waals surface area contributed by atoms with Gasteiger partial charge in [-0.3, -0.25) is 0 Å². The quantitative estimate of drug-likeness (QED) is 0.552. The lowest BCUT2D eigenvalue weighted by Gasteiger charge is -2.43. The summed E-state index contributed by atoms with van der Waals surface area (Å²) in [7, 11) is 0. The second-order valence-corrected chi connectivity index (χ2v) is 6.60. The van der Waals surface area contributed by atoms with Crippen molar-refractivity contribution in [3.05, 3.63) is 23.8 Å². The molecule has 0 heterocycles. The molecule has 0 nitrogen and oxygen atoms in total. The van der Waals surface area contributed by atoms with Crippen LogP contribution in [0.3, 0.4) is 0 Å². The van der Waals surface area contributed by atoms with Crippen LogP contribution in [0.2, 0.25) is 0 Å². The molecule has 3 rings (SSSR count). The van der Waals surface area contributed by atoms with Crippen molar-refractivity contribution in [3.8, 4) is 0 Å². The van der Waals surface area contributed by atoms with Gasteiger partial charge in [0.25, 0.3) is 0 Å². The minimum atomic E-state index is 0.473. The highest BCUT2D eigenvalue weighted by Gasteiger charge is 2.67. The van der Waals surface area contributed by atoms with Crippen LogP contribution in [0.5, 0.6) is 0 Å². The molecule has 0 aromatic carbocycles. The van der Waals surface area contributed by atoms with Crippen LogP contribution in [0.4, 0.5) is 0 Å². The fraction of sp³-hybridized carbons (Fsp3) is 0.733. The molecule has 1 fully saturated rings. The Morgan fingerprint density at radius 1 is 1.27 bits per heavy atom. The Kier molecular flexibility index (Phi) is 1.67. The van der Waals surface area contributed by atoms with Gasteiger partial charge in [0.1, 0.15) is 0 Å². The fourth-order valence-electron chi connectivity index (χ4n) is 4.42. The van der Waals surface area contributed by atoms with Crippen molar-refractivity contribution in [3.63, 3.8) is 0 Å². The average molecular weight is 202 g/mol. The molecule has 0 radical (unpaired) electrons. The summed E-state index contributed by atoms with van der Waals surface area (Å²) in [5.41, 5.74) is 2.65. The lowest BCUT2D eigenvalue weighted by atomic mass is 9.61. The van der Waals surface area contributed by atoms with Gasteiger partial charge in [-0.25, -0.2) is 0 Å². The number of hydrogen-bond acceptors (Lipinski definition) is 0. The molecule has 0 aliphatic heterocycles. The second-order valence-electron chi connectivity index (χ2n) is 6.60. The zero-order chi connectivity index (χ0) is 10.8. The first kappa shape index (κ1) is 9.69. The highest BCUT2D eigenvalue weighted by atomic mass is 14.7. The van der Waals surface area contributed by atoms with Gasteiger partial charge in [0.2, 0.25) is 0 Å². The summed E-state index contributed by atoms with van der Waals surface area (Å²) in [6, 6.07) is 0. The van der Waals surface area contributed by atoms with Gasteiger partial charge >= 0.3 is 0 Å². The highest BCUT2D eigenvalue weighted by Crippen LogP contribution is 2.72. The number of hydrogen-bond donors (Lipinski definition) is 0. The number of rotatable bonds is 0. The van der Waals surface area contributed by atoms with E-state index in [1.54, 1.807) is 5.57 Å². The van der Waals surface area contributed by atoms with Crippen molar-refractivity contribution in [2.24, 2.45) is 28.6 Å². The van der Waals surface area contributed by atoms with Crippen LogP contribution in [0.25, 0.3) is 0 Å². The Bertz CT molecular complexity index is 358. The smallest absolute Gasteiger partial charge is 0.00135 e. The minimum absolute atomic E-state index is 0.473. The molecule has 1 saturated carbocycles. The van der Waals surface area contributed by atoms with E-state index in [4.69, 9.17) is 0 Å². The van der Waals surface area contributed by atoms with E-state index in [9.17, 15) is 0 Å². The maximum absolute atomic E-state index is 2.51. The van der Waals surface area contributed by atoms with Gasteiger partial charge in [0.05, 0.1) is 0 Å². The van der Waals surface area contributed by atoms with Gasteiger partial charge in [0.15, 0.2) is 0 Å².